The Bertz CT molecular complexity index is 1000. The lowest BCUT2D eigenvalue weighted by Gasteiger charge is -2.09. The molecule has 132 valence electrons. The summed E-state index contributed by atoms with van der Waals surface area (Å²) in [6.45, 7) is 2.01. The fraction of sp³-hybridized carbons (Fsp3) is 0.105. The minimum Gasteiger partial charge on any atom is -0.463 e. The predicted octanol–water partition coefficient (Wildman–Crippen LogP) is 4.61. The van der Waals surface area contributed by atoms with Gasteiger partial charge in [-0.15, -0.1) is 0 Å². The van der Waals surface area contributed by atoms with Crippen molar-refractivity contribution in [2.75, 3.05) is 6.61 Å². The number of ether oxygens (including phenoxy) is 1. The third-order valence-corrected chi connectivity index (χ3v) is 4.28. The molecule has 0 saturated carbocycles. The molecule has 2 aromatic heterocycles. The van der Waals surface area contributed by atoms with Gasteiger partial charge in [0.1, 0.15) is 0 Å². The second-order valence-corrected chi connectivity index (χ2v) is 6.18. The molecule has 0 bridgehead atoms. The van der Waals surface area contributed by atoms with Crippen molar-refractivity contribution in [1.29, 1.82) is 0 Å². The fourth-order valence-electron chi connectivity index (χ4n) is 2.53. The van der Waals surface area contributed by atoms with Crippen LogP contribution in [-0.4, -0.2) is 28.0 Å². The van der Waals surface area contributed by atoms with Crippen molar-refractivity contribution in [3.8, 4) is 0 Å². The van der Waals surface area contributed by atoms with Crippen LogP contribution in [-0.2, 0) is 9.53 Å². The lowest BCUT2D eigenvalue weighted by Crippen LogP contribution is -2.12. The minimum atomic E-state index is -0.465. The zero-order valence-electron chi connectivity index (χ0n) is 13.8. The van der Waals surface area contributed by atoms with Crippen LogP contribution in [0.4, 0.5) is 0 Å². The molecule has 0 amide bonds. The number of rotatable bonds is 4. The summed E-state index contributed by atoms with van der Waals surface area (Å²) >= 11 is 12.6. The van der Waals surface area contributed by atoms with Crippen LogP contribution in [0.15, 0.2) is 48.9 Å². The highest BCUT2D eigenvalue weighted by Crippen LogP contribution is 2.29. The van der Waals surface area contributed by atoms with E-state index in [1.807, 2.05) is 0 Å². The summed E-state index contributed by atoms with van der Waals surface area (Å²) in [6, 6.07) is 6.68. The minimum absolute atomic E-state index is 0.191. The smallest absolute Gasteiger partial charge is 0.330 e. The number of esters is 1. The lowest BCUT2D eigenvalue weighted by atomic mass is 10.1. The summed E-state index contributed by atoms with van der Waals surface area (Å²) in [6.07, 6.45) is 7.74. The molecule has 0 saturated heterocycles. The molecule has 0 atom stereocenters. The van der Waals surface area contributed by atoms with E-state index >= 15 is 0 Å². The van der Waals surface area contributed by atoms with Crippen molar-refractivity contribution in [2.45, 2.75) is 6.92 Å². The van der Waals surface area contributed by atoms with Gasteiger partial charge in [0.2, 0.25) is 0 Å². The highest BCUT2D eigenvalue weighted by Gasteiger charge is 2.19. The first-order valence-electron chi connectivity index (χ1n) is 7.81. The number of hydrogen-bond acceptors (Lipinski definition) is 4. The van der Waals surface area contributed by atoms with Crippen LogP contribution in [0.2, 0.25) is 10.0 Å². The SMILES string of the molecule is CCOC(=O)/C=C/c1cc(Cl)c(C(=O)n2ccc3cnccc32)c(Cl)c1. The van der Waals surface area contributed by atoms with Crippen molar-refractivity contribution >= 4 is 52.1 Å². The maximum Gasteiger partial charge on any atom is 0.330 e. The number of halogens is 2. The molecule has 1 aromatic carbocycles. The van der Waals surface area contributed by atoms with Crippen LogP contribution in [0, 0.1) is 0 Å². The number of fused-ring (bicyclic) bond motifs is 1. The summed E-state index contributed by atoms with van der Waals surface area (Å²) in [5, 5.41) is 1.23. The number of carbonyl (C=O) groups is 2. The molecule has 0 aliphatic heterocycles. The standard InChI is InChI=1S/C19H14Cl2N2O3/c1-2-26-17(24)4-3-12-9-14(20)18(15(21)10-12)19(25)23-8-6-13-11-22-7-5-16(13)23/h3-11H,2H2,1H3/b4-3+. The average Bonchev–Trinajstić information content (AvgIpc) is 3.03. The second kappa shape index (κ2) is 7.72. The van der Waals surface area contributed by atoms with E-state index in [0.29, 0.717) is 17.7 Å². The number of aromatic nitrogens is 2. The maximum atomic E-state index is 12.9. The van der Waals surface area contributed by atoms with Gasteiger partial charge in [-0.2, -0.15) is 0 Å². The molecule has 0 spiro atoms. The first kappa shape index (κ1) is 18.2. The molecule has 0 radical (unpaired) electrons. The molecule has 0 aliphatic carbocycles. The molecule has 7 heteroatoms. The molecule has 5 nitrogen and oxygen atoms in total. The van der Waals surface area contributed by atoms with E-state index in [-0.39, 0.29) is 21.5 Å². The molecule has 3 aromatic rings. The number of hydrogen-bond donors (Lipinski definition) is 0. The van der Waals surface area contributed by atoms with Gasteiger partial charge in [0, 0.05) is 30.1 Å². The fourth-order valence-corrected chi connectivity index (χ4v) is 3.19. The van der Waals surface area contributed by atoms with Gasteiger partial charge in [-0.25, -0.2) is 4.79 Å². The first-order valence-corrected chi connectivity index (χ1v) is 8.56. The van der Waals surface area contributed by atoms with Crippen molar-refractivity contribution < 1.29 is 14.3 Å². The van der Waals surface area contributed by atoms with Gasteiger partial charge in [-0.1, -0.05) is 23.2 Å². The summed E-state index contributed by atoms with van der Waals surface area (Å²) in [5.41, 5.74) is 1.49. The zero-order chi connectivity index (χ0) is 18.7. The Labute approximate surface area is 159 Å². The number of carbonyl (C=O) groups excluding carboxylic acids is 2. The lowest BCUT2D eigenvalue weighted by molar-refractivity contribution is -0.137. The molecular formula is C19H14Cl2N2O3. The van der Waals surface area contributed by atoms with E-state index < -0.39 is 5.97 Å². The normalized spacial score (nSPS) is 11.2. The Morgan fingerprint density at radius 2 is 1.96 bits per heavy atom. The maximum absolute atomic E-state index is 12.9. The van der Waals surface area contributed by atoms with Gasteiger partial charge >= 0.3 is 5.97 Å². The van der Waals surface area contributed by atoms with E-state index in [1.54, 1.807) is 49.8 Å². The molecule has 0 unspecified atom stereocenters. The van der Waals surface area contributed by atoms with Gasteiger partial charge in [0.15, 0.2) is 0 Å². The average molecular weight is 389 g/mol. The predicted molar refractivity (Wildman–Crippen MR) is 102 cm³/mol. The molecule has 26 heavy (non-hydrogen) atoms. The van der Waals surface area contributed by atoms with Crippen LogP contribution >= 0.6 is 23.2 Å². The third kappa shape index (κ3) is 3.64. The largest absolute Gasteiger partial charge is 0.463 e. The van der Waals surface area contributed by atoms with E-state index in [1.165, 1.54) is 16.7 Å². The highest BCUT2D eigenvalue weighted by atomic mass is 35.5. The third-order valence-electron chi connectivity index (χ3n) is 3.69. The van der Waals surface area contributed by atoms with Gasteiger partial charge in [-0.3, -0.25) is 14.3 Å². The molecule has 0 aliphatic rings. The summed E-state index contributed by atoms with van der Waals surface area (Å²) < 4.78 is 6.29. The van der Waals surface area contributed by atoms with Crippen LogP contribution in [0.3, 0.4) is 0 Å². The van der Waals surface area contributed by atoms with Gasteiger partial charge < -0.3 is 4.74 Å². The van der Waals surface area contributed by atoms with Crippen molar-refractivity contribution in [3.63, 3.8) is 0 Å². The Morgan fingerprint density at radius 3 is 2.65 bits per heavy atom. The molecule has 3 rings (SSSR count). The topological polar surface area (TPSA) is 61.2 Å². The molecule has 2 heterocycles. The molecular weight excluding hydrogens is 375 g/mol. The Morgan fingerprint density at radius 1 is 1.23 bits per heavy atom. The summed E-state index contributed by atoms with van der Waals surface area (Å²) in [5.74, 6) is -0.811. The van der Waals surface area contributed by atoms with Gasteiger partial charge in [0.05, 0.1) is 27.7 Å². The Hall–Kier alpha value is -2.63. The van der Waals surface area contributed by atoms with E-state index in [0.717, 1.165) is 5.39 Å². The van der Waals surface area contributed by atoms with Crippen LogP contribution < -0.4 is 0 Å². The quantitative estimate of drug-likeness (QED) is 0.483. The van der Waals surface area contributed by atoms with Crippen molar-refractivity contribution in [3.05, 3.63) is 70.1 Å². The van der Waals surface area contributed by atoms with Gasteiger partial charge in [0.25, 0.3) is 5.91 Å². The Kier molecular flexibility index (Phi) is 5.40. The van der Waals surface area contributed by atoms with Crippen LogP contribution in [0.5, 0.6) is 0 Å². The number of nitrogens with zero attached hydrogens (tertiary/aromatic N) is 2. The second-order valence-electron chi connectivity index (χ2n) is 5.37. The van der Waals surface area contributed by atoms with Crippen LogP contribution in [0.25, 0.3) is 17.0 Å². The van der Waals surface area contributed by atoms with E-state index in [4.69, 9.17) is 27.9 Å². The monoisotopic (exact) mass is 388 g/mol. The highest BCUT2D eigenvalue weighted by molar-refractivity contribution is 6.40. The Balaban J connectivity index is 1.96. The van der Waals surface area contributed by atoms with Crippen molar-refractivity contribution in [1.82, 2.24) is 9.55 Å². The summed E-state index contributed by atoms with van der Waals surface area (Å²) in [7, 11) is 0. The van der Waals surface area contributed by atoms with Crippen molar-refractivity contribution in [2.24, 2.45) is 0 Å². The molecule has 0 fully saturated rings. The van der Waals surface area contributed by atoms with Gasteiger partial charge in [-0.05, 0) is 42.8 Å². The van der Waals surface area contributed by atoms with Crippen LogP contribution in [0.1, 0.15) is 22.8 Å². The van der Waals surface area contributed by atoms with E-state index in [2.05, 4.69) is 4.98 Å². The summed E-state index contributed by atoms with van der Waals surface area (Å²) in [4.78, 5) is 28.3. The molecule has 0 N–H and O–H groups in total. The van der Waals surface area contributed by atoms with E-state index in [9.17, 15) is 9.59 Å². The number of pyridine rings is 1. The first-order chi connectivity index (χ1) is 12.5. The zero-order valence-corrected chi connectivity index (χ0v) is 15.3. The number of benzene rings is 1.